The summed E-state index contributed by atoms with van der Waals surface area (Å²) in [5, 5.41) is 3.07. The first-order valence-electron chi connectivity index (χ1n) is 11.3. The number of hydrogen-bond acceptors (Lipinski definition) is 3. The first kappa shape index (κ1) is 23.1. The highest BCUT2D eigenvalue weighted by Gasteiger charge is 2.36. The van der Waals surface area contributed by atoms with Crippen LogP contribution in [0.2, 0.25) is 0 Å². The number of carbonyl (C=O) groups is 1. The molecule has 1 N–H and O–H groups in total. The lowest BCUT2D eigenvalue weighted by atomic mass is 10.0. The van der Waals surface area contributed by atoms with Crippen LogP contribution >= 0.6 is 0 Å². The zero-order valence-electron chi connectivity index (χ0n) is 19.3. The fourth-order valence-electron chi connectivity index (χ4n) is 4.34. The summed E-state index contributed by atoms with van der Waals surface area (Å²) in [5.74, 6) is -0.133. The fourth-order valence-corrected chi connectivity index (χ4v) is 6.03. The van der Waals surface area contributed by atoms with E-state index in [9.17, 15) is 13.2 Å². The minimum atomic E-state index is -3.67. The summed E-state index contributed by atoms with van der Waals surface area (Å²) < 4.78 is 28.1. The molecule has 0 radical (unpaired) electrons. The van der Waals surface area contributed by atoms with E-state index in [1.54, 1.807) is 36.4 Å². The number of nitrogens with zero attached hydrogens (tertiary/aromatic N) is 1. The van der Waals surface area contributed by atoms with Crippen molar-refractivity contribution in [2.24, 2.45) is 0 Å². The van der Waals surface area contributed by atoms with Gasteiger partial charge in [-0.15, -0.1) is 0 Å². The predicted octanol–water partition coefficient (Wildman–Crippen LogP) is 4.89. The average molecular weight is 463 g/mol. The van der Waals surface area contributed by atoms with Crippen molar-refractivity contribution in [1.29, 1.82) is 0 Å². The van der Waals surface area contributed by atoms with Crippen LogP contribution < -0.4 is 9.62 Å². The Kier molecular flexibility index (Phi) is 6.56. The van der Waals surface area contributed by atoms with Crippen LogP contribution in [0.3, 0.4) is 0 Å². The summed E-state index contributed by atoms with van der Waals surface area (Å²) in [5.41, 5.74) is 4.35. The predicted molar refractivity (Wildman–Crippen MR) is 132 cm³/mol. The van der Waals surface area contributed by atoms with Gasteiger partial charge in [0.25, 0.3) is 15.9 Å². The molecular weight excluding hydrogens is 432 g/mol. The van der Waals surface area contributed by atoms with Crippen molar-refractivity contribution in [3.05, 3.63) is 95.1 Å². The van der Waals surface area contributed by atoms with Crippen LogP contribution in [0.1, 0.15) is 47.3 Å². The highest BCUT2D eigenvalue weighted by molar-refractivity contribution is 7.92. The Morgan fingerprint density at radius 2 is 1.76 bits per heavy atom. The molecule has 6 heteroatoms. The number of benzene rings is 3. The van der Waals surface area contributed by atoms with Gasteiger partial charge < -0.3 is 5.32 Å². The first-order valence-corrected chi connectivity index (χ1v) is 12.8. The zero-order chi connectivity index (χ0) is 23.6. The van der Waals surface area contributed by atoms with Crippen molar-refractivity contribution in [2.45, 2.75) is 57.0 Å². The Bertz CT molecular complexity index is 1240. The molecule has 0 unspecified atom stereocenters. The summed E-state index contributed by atoms with van der Waals surface area (Å²) in [4.78, 5) is 13.1. The highest BCUT2D eigenvalue weighted by atomic mass is 32.2. The molecule has 5 nitrogen and oxygen atoms in total. The molecule has 0 bridgehead atoms. The molecule has 0 aromatic heterocycles. The number of carbonyl (C=O) groups excluding carboxylic acids is 1. The first-order chi connectivity index (χ1) is 15.8. The SMILES string of the molecule is Cc1ccc(S(=O)(=O)N2c3ccc(C(=O)N[C@@H](C)CCc4ccccc4)cc3C[C@H]2C)cc1. The smallest absolute Gasteiger partial charge is 0.264 e. The Hall–Kier alpha value is -3.12. The third-order valence-electron chi connectivity index (χ3n) is 6.16. The van der Waals surface area contributed by atoms with Gasteiger partial charge >= 0.3 is 0 Å². The van der Waals surface area contributed by atoms with Crippen molar-refractivity contribution in [3.8, 4) is 0 Å². The lowest BCUT2D eigenvalue weighted by Gasteiger charge is -2.24. The number of amides is 1. The van der Waals surface area contributed by atoms with Crippen molar-refractivity contribution < 1.29 is 13.2 Å². The fraction of sp³-hybridized carbons (Fsp3) is 0.296. The molecule has 0 fully saturated rings. The number of fused-ring (bicyclic) bond motifs is 1. The number of anilines is 1. The van der Waals surface area contributed by atoms with Crippen LogP contribution in [0.5, 0.6) is 0 Å². The van der Waals surface area contributed by atoms with Crippen molar-refractivity contribution in [1.82, 2.24) is 5.32 Å². The van der Waals surface area contributed by atoms with E-state index >= 15 is 0 Å². The maximum Gasteiger partial charge on any atom is 0.264 e. The highest BCUT2D eigenvalue weighted by Crippen LogP contribution is 2.37. The summed E-state index contributed by atoms with van der Waals surface area (Å²) in [6.07, 6.45) is 2.32. The maximum absolute atomic E-state index is 13.3. The third kappa shape index (κ3) is 4.96. The Labute approximate surface area is 196 Å². The van der Waals surface area contributed by atoms with E-state index in [1.807, 2.05) is 45.0 Å². The Morgan fingerprint density at radius 1 is 1.06 bits per heavy atom. The monoisotopic (exact) mass is 462 g/mol. The van der Waals surface area contributed by atoms with E-state index < -0.39 is 10.0 Å². The molecule has 172 valence electrons. The van der Waals surface area contributed by atoms with E-state index in [0.29, 0.717) is 17.7 Å². The molecule has 0 aliphatic carbocycles. The van der Waals surface area contributed by atoms with E-state index in [0.717, 1.165) is 24.0 Å². The summed E-state index contributed by atoms with van der Waals surface area (Å²) in [6, 6.07) is 22.2. The lowest BCUT2D eigenvalue weighted by molar-refractivity contribution is 0.0938. The summed E-state index contributed by atoms with van der Waals surface area (Å²) in [7, 11) is -3.67. The van der Waals surface area contributed by atoms with Gasteiger partial charge in [0.2, 0.25) is 0 Å². The second-order valence-electron chi connectivity index (χ2n) is 8.91. The van der Waals surface area contributed by atoms with Crippen LogP contribution in [0, 0.1) is 6.92 Å². The van der Waals surface area contributed by atoms with Crippen molar-refractivity contribution in [3.63, 3.8) is 0 Å². The van der Waals surface area contributed by atoms with Gasteiger partial charge in [-0.3, -0.25) is 9.10 Å². The van der Waals surface area contributed by atoms with Gasteiger partial charge in [-0.05, 0) is 81.5 Å². The van der Waals surface area contributed by atoms with Crippen LogP contribution in [-0.2, 0) is 22.9 Å². The van der Waals surface area contributed by atoms with Gasteiger partial charge in [-0.2, -0.15) is 0 Å². The van der Waals surface area contributed by atoms with E-state index in [-0.39, 0.29) is 22.9 Å². The molecule has 2 atom stereocenters. The Morgan fingerprint density at radius 3 is 2.45 bits per heavy atom. The van der Waals surface area contributed by atoms with Crippen LogP contribution in [0.25, 0.3) is 0 Å². The number of hydrogen-bond donors (Lipinski definition) is 1. The lowest BCUT2D eigenvalue weighted by Crippen LogP contribution is -2.35. The van der Waals surface area contributed by atoms with Gasteiger partial charge in [0.15, 0.2) is 0 Å². The molecule has 33 heavy (non-hydrogen) atoms. The molecule has 4 rings (SSSR count). The third-order valence-corrected chi connectivity index (χ3v) is 8.10. The maximum atomic E-state index is 13.3. The van der Waals surface area contributed by atoms with Gasteiger partial charge in [-0.1, -0.05) is 48.0 Å². The summed E-state index contributed by atoms with van der Waals surface area (Å²) in [6.45, 7) is 5.84. The van der Waals surface area contributed by atoms with Gasteiger partial charge in [-0.25, -0.2) is 8.42 Å². The molecule has 1 aliphatic rings. The molecule has 0 saturated carbocycles. The topological polar surface area (TPSA) is 66.5 Å². The summed E-state index contributed by atoms with van der Waals surface area (Å²) >= 11 is 0. The molecule has 0 spiro atoms. The number of aryl methyl sites for hydroxylation is 2. The number of sulfonamides is 1. The van der Waals surface area contributed by atoms with Crippen LogP contribution in [0.4, 0.5) is 5.69 Å². The second-order valence-corrected chi connectivity index (χ2v) is 10.7. The van der Waals surface area contributed by atoms with Gasteiger partial charge in [0.05, 0.1) is 10.6 Å². The van der Waals surface area contributed by atoms with Crippen molar-refractivity contribution >= 4 is 21.6 Å². The average Bonchev–Trinajstić information content (AvgIpc) is 3.14. The zero-order valence-corrected chi connectivity index (χ0v) is 20.1. The molecule has 0 saturated heterocycles. The number of nitrogens with one attached hydrogen (secondary N) is 1. The van der Waals surface area contributed by atoms with Gasteiger partial charge in [0.1, 0.15) is 0 Å². The van der Waals surface area contributed by atoms with Gasteiger partial charge in [0, 0.05) is 17.6 Å². The normalized spacial score (nSPS) is 16.3. The minimum absolute atomic E-state index is 0.0308. The Balaban J connectivity index is 1.48. The van der Waals surface area contributed by atoms with E-state index in [2.05, 4.69) is 17.4 Å². The standard InChI is InChI=1S/C27H30N2O3S/c1-19-9-14-25(15-10-19)33(31,32)29-21(3)17-24-18-23(13-16-26(24)29)27(30)28-20(2)11-12-22-7-5-4-6-8-22/h4-10,13-16,18,20-21H,11-12,17H2,1-3H3,(H,28,30)/t20-,21+/m0/s1. The molecule has 1 amide bonds. The molecule has 1 aliphatic heterocycles. The molecule has 3 aromatic carbocycles. The molecule has 1 heterocycles. The molecular formula is C27H30N2O3S. The van der Waals surface area contributed by atoms with Crippen LogP contribution in [0.15, 0.2) is 77.7 Å². The quantitative estimate of drug-likeness (QED) is 0.544. The van der Waals surface area contributed by atoms with E-state index in [4.69, 9.17) is 0 Å². The largest absolute Gasteiger partial charge is 0.350 e. The minimum Gasteiger partial charge on any atom is -0.350 e. The van der Waals surface area contributed by atoms with Crippen LogP contribution in [-0.4, -0.2) is 26.4 Å². The van der Waals surface area contributed by atoms with E-state index in [1.165, 1.54) is 9.87 Å². The molecule has 3 aromatic rings. The van der Waals surface area contributed by atoms with Crippen molar-refractivity contribution in [2.75, 3.05) is 4.31 Å². The second kappa shape index (κ2) is 9.40. The number of rotatable bonds is 7.